The summed E-state index contributed by atoms with van der Waals surface area (Å²) in [6.45, 7) is -3.33. The lowest BCUT2D eigenvalue weighted by Crippen LogP contribution is -2.28. The van der Waals surface area contributed by atoms with Crippen LogP contribution in [0, 0.1) is 0 Å². The molecule has 6 nitrogen and oxygen atoms in total. The number of amides is 1. The number of hydrogen-bond acceptors (Lipinski definition) is 5. The van der Waals surface area contributed by atoms with Gasteiger partial charge >= 0.3 is 12.6 Å². The van der Waals surface area contributed by atoms with E-state index in [0.717, 1.165) is 10.8 Å². The van der Waals surface area contributed by atoms with Crippen LogP contribution in [0.4, 0.5) is 8.78 Å². The fraction of sp³-hybridized carbons (Fsp3) is 0.182. The molecule has 0 radical (unpaired) electrons. The quantitative estimate of drug-likeness (QED) is 0.565. The molecule has 0 unspecified atom stereocenters. The Hall–Kier alpha value is -3.68. The van der Waals surface area contributed by atoms with Crippen LogP contribution in [-0.2, 0) is 16.1 Å². The smallest absolute Gasteiger partial charge is 0.387 e. The molecule has 3 aromatic rings. The van der Waals surface area contributed by atoms with Gasteiger partial charge in [-0.1, -0.05) is 42.5 Å². The number of carbonyl (C=O) groups is 2. The number of esters is 1. The Morgan fingerprint density at radius 2 is 1.77 bits per heavy atom. The standard InChI is InChI=1S/C22H19F2NO5/c1-28-19-11-14(9-10-18(19)30-22(23)24)12-25-20(26)13-29-21(27)17-8-4-6-15-5-2-3-7-16(15)17/h2-11,22H,12-13H2,1H3,(H,25,26). The molecule has 0 aliphatic heterocycles. The molecule has 0 spiro atoms. The molecule has 0 atom stereocenters. The average Bonchev–Trinajstić information content (AvgIpc) is 2.75. The molecule has 1 N–H and O–H groups in total. The summed E-state index contributed by atoms with van der Waals surface area (Å²) in [5, 5.41) is 4.23. The largest absolute Gasteiger partial charge is 0.493 e. The zero-order valence-electron chi connectivity index (χ0n) is 16.1. The minimum atomic E-state index is -2.97. The first kappa shape index (κ1) is 21.0. The highest BCUT2D eigenvalue weighted by Gasteiger charge is 2.14. The number of carbonyl (C=O) groups excluding carboxylic acids is 2. The van der Waals surface area contributed by atoms with E-state index in [1.807, 2.05) is 24.3 Å². The Morgan fingerprint density at radius 1 is 1.00 bits per heavy atom. The van der Waals surface area contributed by atoms with Crippen LogP contribution in [0.1, 0.15) is 15.9 Å². The van der Waals surface area contributed by atoms with Crippen LogP contribution >= 0.6 is 0 Å². The summed E-state index contributed by atoms with van der Waals surface area (Å²) in [6.07, 6.45) is 0. The van der Waals surface area contributed by atoms with Crippen molar-refractivity contribution in [1.29, 1.82) is 0 Å². The van der Waals surface area contributed by atoms with Crippen molar-refractivity contribution in [3.63, 3.8) is 0 Å². The Kier molecular flexibility index (Phi) is 6.79. The molecule has 0 aliphatic carbocycles. The molecule has 0 saturated carbocycles. The molecule has 0 heterocycles. The molecular weight excluding hydrogens is 396 g/mol. The summed E-state index contributed by atoms with van der Waals surface area (Å²) in [5.74, 6) is -1.09. The van der Waals surface area contributed by atoms with E-state index in [1.165, 1.54) is 25.3 Å². The van der Waals surface area contributed by atoms with Crippen LogP contribution in [0.5, 0.6) is 11.5 Å². The second kappa shape index (κ2) is 9.69. The molecule has 0 fully saturated rings. The van der Waals surface area contributed by atoms with Crippen LogP contribution in [0.2, 0.25) is 0 Å². The van der Waals surface area contributed by atoms with Gasteiger partial charge in [0, 0.05) is 6.54 Å². The second-order valence-corrected chi connectivity index (χ2v) is 6.24. The summed E-state index contributed by atoms with van der Waals surface area (Å²) in [5.41, 5.74) is 0.974. The molecule has 0 aliphatic rings. The van der Waals surface area contributed by atoms with Crippen molar-refractivity contribution in [2.24, 2.45) is 0 Å². The molecule has 1 amide bonds. The first-order valence-electron chi connectivity index (χ1n) is 9.01. The molecule has 156 valence electrons. The Labute approximate surface area is 171 Å². The summed E-state index contributed by atoms with van der Waals surface area (Å²) in [7, 11) is 1.32. The van der Waals surface area contributed by atoms with Gasteiger partial charge in [-0.3, -0.25) is 4.79 Å². The van der Waals surface area contributed by atoms with Crippen LogP contribution in [0.15, 0.2) is 60.7 Å². The molecular formula is C22H19F2NO5. The van der Waals surface area contributed by atoms with E-state index in [-0.39, 0.29) is 18.0 Å². The van der Waals surface area contributed by atoms with Gasteiger partial charge < -0.3 is 19.5 Å². The minimum absolute atomic E-state index is 0.0932. The van der Waals surface area contributed by atoms with Gasteiger partial charge in [-0.2, -0.15) is 8.78 Å². The highest BCUT2D eigenvalue weighted by Crippen LogP contribution is 2.29. The van der Waals surface area contributed by atoms with Crippen LogP contribution in [0.25, 0.3) is 10.8 Å². The summed E-state index contributed by atoms with van der Waals surface area (Å²) in [4.78, 5) is 24.4. The van der Waals surface area contributed by atoms with E-state index in [0.29, 0.717) is 11.1 Å². The SMILES string of the molecule is COc1cc(CNC(=O)COC(=O)c2cccc3ccccc23)ccc1OC(F)F. The second-order valence-electron chi connectivity index (χ2n) is 6.24. The predicted octanol–water partition coefficient (Wildman–Crippen LogP) is 3.92. The zero-order chi connectivity index (χ0) is 21.5. The number of rotatable bonds is 8. The molecule has 0 saturated heterocycles. The topological polar surface area (TPSA) is 73.9 Å². The fourth-order valence-corrected chi connectivity index (χ4v) is 2.88. The van der Waals surface area contributed by atoms with Crippen molar-refractivity contribution < 1.29 is 32.6 Å². The maximum absolute atomic E-state index is 12.4. The van der Waals surface area contributed by atoms with E-state index in [9.17, 15) is 18.4 Å². The molecule has 0 aromatic heterocycles. The third kappa shape index (κ3) is 5.22. The monoisotopic (exact) mass is 415 g/mol. The van der Waals surface area contributed by atoms with Crippen molar-refractivity contribution in [1.82, 2.24) is 5.32 Å². The van der Waals surface area contributed by atoms with E-state index in [4.69, 9.17) is 9.47 Å². The van der Waals surface area contributed by atoms with E-state index in [1.54, 1.807) is 18.2 Å². The number of nitrogens with one attached hydrogen (secondary N) is 1. The molecule has 3 aromatic carbocycles. The van der Waals surface area contributed by atoms with Crippen LogP contribution in [-0.4, -0.2) is 32.2 Å². The van der Waals surface area contributed by atoms with E-state index >= 15 is 0 Å². The highest BCUT2D eigenvalue weighted by molar-refractivity contribution is 6.04. The van der Waals surface area contributed by atoms with Gasteiger partial charge in [-0.05, 0) is 34.5 Å². The third-order valence-corrected chi connectivity index (χ3v) is 4.28. The summed E-state index contributed by atoms with van der Waals surface area (Å²) < 4.78 is 39.2. The van der Waals surface area contributed by atoms with E-state index in [2.05, 4.69) is 10.1 Å². The van der Waals surface area contributed by atoms with Crippen molar-refractivity contribution in [2.45, 2.75) is 13.2 Å². The van der Waals surface area contributed by atoms with Crippen molar-refractivity contribution >= 4 is 22.6 Å². The first-order valence-corrected chi connectivity index (χ1v) is 9.01. The number of halogens is 2. The normalized spacial score (nSPS) is 10.7. The lowest BCUT2D eigenvalue weighted by molar-refractivity contribution is -0.124. The molecule has 0 bridgehead atoms. The molecule has 3 rings (SSSR count). The molecule has 8 heteroatoms. The van der Waals surface area contributed by atoms with Crippen molar-refractivity contribution in [2.75, 3.05) is 13.7 Å². The van der Waals surface area contributed by atoms with Gasteiger partial charge in [0.2, 0.25) is 0 Å². The third-order valence-electron chi connectivity index (χ3n) is 4.28. The van der Waals surface area contributed by atoms with Gasteiger partial charge in [-0.15, -0.1) is 0 Å². The van der Waals surface area contributed by atoms with Gasteiger partial charge in [-0.25, -0.2) is 4.79 Å². The number of alkyl halides is 2. The lowest BCUT2D eigenvalue weighted by atomic mass is 10.1. The fourth-order valence-electron chi connectivity index (χ4n) is 2.88. The van der Waals surface area contributed by atoms with Gasteiger partial charge in [0.25, 0.3) is 5.91 Å². The zero-order valence-corrected chi connectivity index (χ0v) is 16.1. The predicted molar refractivity (Wildman–Crippen MR) is 106 cm³/mol. The highest BCUT2D eigenvalue weighted by atomic mass is 19.3. The van der Waals surface area contributed by atoms with Gasteiger partial charge in [0.15, 0.2) is 18.1 Å². The number of benzene rings is 3. The maximum atomic E-state index is 12.4. The van der Waals surface area contributed by atoms with Crippen molar-refractivity contribution in [3.8, 4) is 11.5 Å². The maximum Gasteiger partial charge on any atom is 0.387 e. The van der Waals surface area contributed by atoms with Crippen LogP contribution in [0.3, 0.4) is 0 Å². The Morgan fingerprint density at radius 3 is 2.53 bits per heavy atom. The Bertz CT molecular complexity index is 1050. The van der Waals surface area contributed by atoms with Crippen LogP contribution < -0.4 is 14.8 Å². The average molecular weight is 415 g/mol. The Balaban J connectivity index is 1.55. The molecule has 30 heavy (non-hydrogen) atoms. The van der Waals surface area contributed by atoms with Gasteiger partial charge in [0.1, 0.15) is 0 Å². The summed E-state index contributed by atoms with van der Waals surface area (Å²) >= 11 is 0. The van der Waals surface area contributed by atoms with Gasteiger partial charge in [0.05, 0.1) is 12.7 Å². The van der Waals surface area contributed by atoms with Crippen molar-refractivity contribution in [3.05, 3.63) is 71.8 Å². The number of methoxy groups -OCH3 is 1. The number of fused-ring (bicyclic) bond motifs is 1. The summed E-state index contributed by atoms with van der Waals surface area (Å²) in [6, 6.07) is 16.9. The number of hydrogen-bond donors (Lipinski definition) is 1. The van der Waals surface area contributed by atoms with E-state index < -0.39 is 25.1 Å². The minimum Gasteiger partial charge on any atom is -0.493 e. The number of ether oxygens (including phenoxy) is 3. The first-order chi connectivity index (χ1) is 14.5. The lowest BCUT2D eigenvalue weighted by Gasteiger charge is -2.12.